The molecule has 136 valence electrons. The number of carbonyl (C=O) groups excluding carboxylic acids is 2. The number of amides is 3. The Bertz CT molecular complexity index is 762. The summed E-state index contributed by atoms with van der Waals surface area (Å²) in [4.78, 5) is 30.4. The third-order valence-electron chi connectivity index (χ3n) is 4.49. The van der Waals surface area contributed by atoms with Crippen LogP contribution in [0.15, 0.2) is 54.6 Å². The predicted molar refractivity (Wildman–Crippen MR) is 102 cm³/mol. The molecule has 1 aliphatic rings. The van der Waals surface area contributed by atoms with Gasteiger partial charge in [0.25, 0.3) is 0 Å². The molecule has 26 heavy (non-hydrogen) atoms. The van der Waals surface area contributed by atoms with E-state index in [-0.39, 0.29) is 18.5 Å². The van der Waals surface area contributed by atoms with Gasteiger partial charge in [-0.15, -0.1) is 0 Å². The Morgan fingerprint density at radius 1 is 1.08 bits per heavy atom. The van der Waals surface area contributed by atoms with E-state index < -0.39 is 0 Å². The lowest BCUT2D eigenvalue weighted by atomic mass is 10.3. The van der Waals surface area contributed by atoms with Crippen LogP contribution in [0.4, 0.5) is 16.2 Å². The van der Waals surface area contributed by atoms with Gasteiger partial charge >= 0.3 is 6.03 Å². The molecule has 0 saturated carbocycles. The summed E-state index contributed by atoms with van der Waals surface area (Å²) in [6.07, 6.45) is 0. The average Bonchev–Trinajstić information content (AvgIpc) is 3.03. The number of rotatable bonds is 6. The number of methoxy groups -OCH3 is 1. The Morgan fingerprint density at radius 2 is 1.77 bits per heavy atom. The molecule has 0 N–H and O–H groups in total. The molecule has 3 amide bonds. The van der Waals surface area contributed by atoms with Crippen LogP contribution in [0.1, 0.15) is 6.92 Å². The first-order chi connectivity index (χ1) is 12.6. The molecule has 0 aromatic heterocycles. The molecule has 1 saturated heterocycles. The van der Waals surface area contributed by atoms with Crippen molar-refractivity contribution in [2.45, 2.75) is 6.92 Å². The Labute approximate surface area is 153 Å². The van der Waals surface area contributed by atoms with Gasteiger partial charge in [-0.3, -0.25) is 9.69 Å². The lowest BCUT2D eigenvalue weighted by Crippen LogP contribution is -2.42. The number of para-hydroxylation sites is 1. The number of hydrogen-bond donors (Lipinski definition) is 0. The van der Waals surface area contributed by atoms with Crippen LogP contribution in [0, 0.1) is 0 Å². The number of benzene rings is 2. The second-order valence-corrected chi connectivity index (χ2v) is 6.03. The van der Waals surface area contributed by atoms with Gasteiger partial charge in [0.15, 0.2) is 0 Å². The summed E-state index contributed by atoms with van der Waals surface area (Å²) in [7, 11) is 1.61. The van der Waals surface area contributed by atoms with E-state index in [1.54, 1.807) is 21.8 Å². The first-order valence-corrected chi connectivity index (χ1v) is 8.70. The van der Waals surface area contributed by atoms with Crippen LogP contribution in [0.25, 0.3) is 0 Å². The Balaban J connectivity index is 1.67. The van der Waals surface area contributed by atoms with E-state index in [4.69, 9.17) is 4.74 Å². The molecule has 2 aromatic rings. The maximum absolute atomic E-state index is 12.7. The average molecular weight is 353 g/mol. The fourth-order valence-corrected chi connectivity index (χ4v) is 3.09. The highest BCUT2D eigenvalue weighted by Crippen LogP contribution is 2.23. The molecule has 1 heterocycles. The molecule has 2 aromatic carbocycles. The van der Waals surface area contributed by atoms with Gasteiger partial charge in [-0.2, -0.15) is 0 Å². The summed E-state index contributed by atoms with van der Waals surface area (Å²) >= 11 is 0. The number of nitrogens with zero attached hydrogens (tertiary/aromatic N) is 3. The number of ether oxygens (including phenoxy) is 1. The molecule has 1 fully saturated rings. The molecule has 6 heteroatoms. The largest absolute Gasteiger partial charge is 0.497 e. The molecule has 0 radical (unpaired) electrons. The van der Waals surface area contributed by atoms with E-state index in [9.17, 15) is 9.59 Å². The van der Waals surface area contributed by atoms with Gasteiger partial charge in [0.05, 0.1) is 7.11 Å². The monoisotopic (exact) mass is 353 g/mol. The minimum Gasteiger partial charge on any atom is -0.497 e. The maximum atomic E-state index is 12.7. The SMILES string of the molecule is CCN(C(=O)CN1CCN(c2ccc(OC)cc2)C1=O)c1ccccc1. The zero-order valence-electron chi connectivity index (χ0n) is 15.1. The van der Waals surface area contributed by atoms with Gasteiger partial charge in [-0.1, -0.05) is 18.2 Å². The van der Waals surface area contributed by atoms with Crippen LogP contribution < -0.4 is 14.5 Å². The van der Waals surface area contributed by atoms with Gasteiger partial charge in [0.2, 0.25) is 5.91 Å². The Kier molecular flexibility index (Phi) is 5.41. The molecule has 0 atom stereocenters. The van der Waals surface area contributed by atoms with Crippen molar-refractivity contribution in [1.82, 2.24) is 4.90 Å². The van der Waals surface area contributed by atoms with Gasteiger partial charge < -0.3 is 14.5 Å². The predicted octanol–water partition coefficient (Wildman–Crippen LogP) is 2.99. The molecular weight excluding hydrogens is 330 g/mol. The van der Waals surface area contributed by atoms with E-state index in [2.05, 4.69) is 0 Å². The molecule has 3 rings (SSSR count). The molecule has 0 bridgehead atoms. The van der Waals surface area contributed by atoms with Gasteiger partial charge in [0, 0.05) is 31.0 Å². The normalized spacial score (nSPS) is 13.8. The van der Waals surface area contributed by atoms with Crippen molar-refractivity contribution in [2.24, 2.45) is 0 Å². The quantitative estimate of drug-likeness (QED) is 0.802. The van der Waals surface area contributed by atoms with Crippen LogP contribution in [0.3, 0.4) is 0 Å². The summed E-state index contributed by atoms with van der Waals surface area (Å²) < 4.78 is 5.15. The minimum atomic E-state index is -0.146. The summed E-state index contributed by atoms with van der Waals surface area (Å²) in [6, 6.07) is 16.7. The van der Waals surface area contributed by atoms with Crippen LogP contribution in [0.2, 0.25) is 0 Å². The van der Waals surface area contributed by atoms with Crippen molar-refractivity contribution in [3.05, 3.63) is 54.6 Å². The van der Waals surface area contributed by atoms with Gasteiger partial charge in [-0.05, 0) is 43.3 Å². The van der Waals surface area contributed by atoms with Crippen molar-refractivity contribution in [1.29, 1.82) is 0 Å². The van der Waals surface area contributed by atoms with Gasteiger partial charge in [-0.25, -0.2) is 4.79 Å². The summed E-state index contributed by atoms with van der Waals surface area (Å²) in [5.74, 6) is 0.664. The molecule has 0 aliphatic carbocycles. The molecule has 6 nitrogen and oxygen atoms in total. The highest BCUT2D eigenvalue weighted by molar-refractivity contribution is 6.00. The van der Waals surface area contributed by atoms with Crippen LogP contribution >= 0.6 is 0 Å². The molecule has 0 unspecified atom stereocenters. The number of urea groups is 1. The zero-order valence-corrected chi connectivity index (χ0v) is 15.1. The Hall–Kier alpha value is -3.02. The fourth-order valence-electron chi connectivity index (χ4n) is 3.09. The smallest absolute Gasteiger partial charge is 0.325 e. The third kappa shape index (κ3) is 3.64. The number of anilines is 2. The summed E-state index contributed by atoms with van der Waals surface area (Å²) in [5.41, 5.74) is 1.65. The zero-order chi connectivity index (χ0) is 18.5. The van der Waals surface area contributed by atoms with Crippen LogP contribution in [-0.4, -0.2) is 50.1 Å². The van der Waals surface area contributed by atoms with E-state index in [0.717, 1.165) is 17.1 Å². The summed E-state index contributed by atoms with van der Waals surface area (Å²) in [6.45, 7) is 3.67. The number of hydrogen-bond acceptors (Lipinski definition) is 3. The van der Waals surface area contributed by atoms with E-state index in [1.807, 2.05) is 61.5 Å². The van der Waals surface area contributed by atoms with E-state index in [0.29, 0.717) is 19.6 Å². The van der Waals surface area contributed by atoms with Gasteiger partial charge in [0.1, 0.15) is 12.3 Å². The van der Waals surface area contributed by atoms with Crippen LogP contribution in [0.5, 0.6) is 5.75 Å². The topological polar surface area (TPSA) is 53.1 Å². The molecular formula is C20H23N3O3. The lowest BCUT2D eigenvalue weighted by molar-refractivity contribution is -0.119. The van der Waals surface area contributed by atoms with Crippen LogP contribution in [-0.2, 0) is 4.79 Å². The maximum Gasteiger partial charge on any atom is 0.325 e. The molecule has 0 spiro atoms. The third-order valence-corrected chi connectivity index (χ3v) is 4.49. The summed E-state index contributed by atoms with van der Waals surface area (Å²) in [5, 5.41) is 0. The first-order valence-electron chi connectivity index (χ1n) is 8.70. The van der Waals surface area contributed by atoms with E-state index >= 15 is 0 Å². The van der Waals surface area contributed by atoms with Crippen molar-refractivity contribution < 1.29 is 14.3 Å². The number of carbonyl (C=O) groups is 2. The molecule has 1 aliphatic heterocycles. The minimum absolute atomic E-state index is 0.0776. The van der Waals surface area contributed by atoms with Crippen molar-refractivity contribution in [2.75, 3.05) is 43.1 Å². The van der Waals surface area contributed by atoms with Crippen molar-refractivity contribution >= 4 is 23.3 Å². The number of likely N-dealkylation sites (N-methyl/N-ethyl adjacent to an activating group) is 1. The first kappa shape index (κ1) is 17.8. The second kappa shape index (κ2) is 7.91. The second-order valence-electron chi connectivity index (χ2n) is 6.03. The Morgan fingerprint density at radius 3 is 2.38 bits per heavy atom. The fraction of sp³-hybridized carbons (Fsp3) is 0.300. The van der Waals surface area contributed by atoms with E-state index in [1.165, 1.54) is 0 Å². The standard InChI is InChI=1S/C20H23N3O3/c1-3-22(16-7-5-4-6-8-16)19(24)15-21-13-14-23(20(21)25)17-9-11-18(26-2)12-10-17/h4-12H,3,13-15H2,1-2H3. The highest BCUT2D eigenvalue weighted by Gasteiger charge is 2.32. The van der Waals surface area contributed by atoms with Crippen molar-refractivity contribution in [3.8, 4) is 5.75 Å². The van der Waals surface area contributed by atoms with Crippen molar-refractivity contribution in [3.63, 3.8) is 0 Å². The highest BCUT2D eigenvalue weighted by atomic mass is 16.5. The lowest BCUT2D eigenvalue weighted by Gasteiger charge is -2.24.